The summed E-state index contributed by atoms with van der Waals surface area (Å²) in [6.07, 6.45) is 1.25. The van der Waals surface area contributed by atoms with E-state index in [1.165, 1.54) is 101 Å². The molecule has 4 rings (SSSR count). The Hall–Kier alpha value is -2.46. The summed E-state index contributed by atoms with van der Waals surface area (Å²) >= 11 is 0. The van der Waals surface area contributed by atoms with E-state index in [0.717, 1.165) is 18.6 Å². The quantitative estimate of drug-likeness (QED) is 0.211. The summed E-state index contributed by atoms with van der Waals surface area (Å²) in [5.74, 6) is 2.04. The fraction of sp³-hybridized carbons (Fsp3) is 0.457. The van der Waals surface area contributed by atoms with Crippen LogP contribution in [-0.2, 0) is 32.7 Å². The number of methoxy groups -OCH3 is 2. The van der Waals surface area contributed by atoms with Crippen LogP contribution in [0.1, 0.15) is 104 Å². The Morgan fingerprint density at radius 2 is 0.680 bits per heavy atom. The van der Waals surface area contributed by atoms with E-state index in [0.29, 0.717) is 0 Å². The number of rotatable bonds is 3. The summed E-state index contributed by atoms with van der Waals surface area (Å²) in [4.78, 5) is 0. The summed E-state index contributed by atoms with van der Waals surface area (Å²) in [5.41, 5.74) is 23.0. The first-order valence-corrected chi connectivity index (χ1v) is 17.2. The van der Waals surface area contributed by atoms with Crippen LogP contribution in [0.25, 0.3) is 11.1 Å². The SMILES string of the molecule is CCC.CO.COc1c(C)cc(C)c(C)c1C.COc1c(C)cc(C)cc1C.Cc1cc(-c2cc(C)c(C)c(C)c2C)c(C)c(C)c1C.[CH3-].[Y]. The summed E-state index contributed by atoms with van der Waals surface area (Å²) in [7, 11) is 4.44. The smallest absolute Gasteiger partial charge is 0.124 e. The van der Waals surface area contributed by atoms with E-state index in [4.69, 9.17) is 14.6 Å². The van der Waals surface area contributed by atoms with Crippen LogP contribution in [0.2, 0.25) is 0 Å². The van der Waals surface area contributed by atoms with Crippen LogP contribution >= 0.6 is 0 Å². The van der Waals surface area contributed by atoms with E-state index >= 15 is 0 Å². The molecule has 0 aromatic heterocycles. The van der Waals surface area contributed by atoms with Gasteiger partial charge in [0.15, 0.2) is 0 Å². The van der Waals surface area contributed by atoms with Gasteiger partial charge in [0.1, 0.15) is 11.5 Å². The number of ether oxygens (including phenoxy) is 2. The van der Waals surface area contributed by atoms with Crippen molar-refractivity contribution in [2.75, 3.05) is 21.3 Å². The molecular formula is C46H71O3Y-. The zero-order valence-corrected chi connectivity index (χ0v) is 38.8. The van der Waals surface area contributed by atoms with Crippen LogP contribution in [0.5, 0.6) is 11.5 Å². The Morgan fingerprint density at radius 3 is 1.00 bits per heavy atom. The first kappa shape index (κ1) is 51.9. The fourth-order valence-corrected chi connectivity index (χ4v) is 6.05. The van der Waals surface area contributed by atoms with Gasteiger partial charge in [-0.2, -0.15) is 0 Å². The van der Waals surface area contributed by atoms with Crippen molar-refractivity contribution in [2.24, 2.45) is 0 Å². The van der Waals surface area contributed by atoms with Gasteiger partial charge in [-0.15, -0.1) is 0 Å². The van der Waals surface area contributed by atoms with Crippen molar-refractivity contribution in [3.8, 4) is 22.6 Å². The molecule has 4 aromatic carbocycles. The van der Waals surface area contributed by atoms with Crippen LogP contribution < -0.4 is 9.47 Å². The van der Waals surface area contributed by atoms with Gasteiger partial charge in [-0.3, -0.25) is 0 Å². The number of hydrogen-bond acceptors (Lipinski definition) is 3. The maximum Gasteiger partial charge on any atom is 0.124 e. The molecule has 3 nitrogen and oxygen atoms in total. The van der Waals surface area contributed by atoms with Crippen LogP contribution in [0.15, 0.2) is 30.3 Å². The third kappa shape index (κ3) is 13.6. The molecule has 4 heteroatoms. The molecule has 50 heavy (non-hydrogen) atoms. The number of aryl methyl sites for hydroxylation is 7. The maximum absolute atomic E-state index is 7.00. The van der Waals surface area contributed by atoms with Crippen molar-refractivity contribution in [3.63, 3.8) is 0 Å². The van der Waals surface area contributed by atoms with Crippen LogP contribution in [0.4, 0.5) is 0 Å². The monoisotopic (exact) mass is 760 g/mol. The molecule has 0 spiro atoms. The number of aliphatic hydroxyl groups is 1. The van der Waals surface area contributed by atoms with Crippen molar-refractivity contribution in [1.29, 1.82) is 0 Å². The van der Waals surface area contributed by atoms with Crippen molar-refractivity contribution >= 4 is 0 Å². The molecular weight excluding hydrogens is 689 g/mol. The first-order valence-electron chi connectivity index (χ1n) is 17.2. The van der Waals surface area contributed by atoms with Crippen molar-refractivity contribution in [3.05, 3.63) is 121 Å². The third-order valence-electron chi connectivity index (χ3n) is 9.55. The molecule has 4 aromatic rings. The molecule has 0 aliphatic heterocycles. The zero-order valence-electron chi connectivity index (χ0n) is 35.9. The van der Waals surface area contributed by atoms with Gasteiger partial charge in [-0.1, -0.05) is 56.2 Å². The molecule has 0 saturated carbocycles. The number of benzene rings is 4. The molecule has 0 heterocycles. The molecule has 1 N–H and O–H groups in total. The van der Waals surface area contributed by atoms with E-state index in [2.05, 4.69) is 148 Å². The minimum atomic E-state index is 0. The van der Waals surface area contributed by atoms with Gasteiger partial charge in [-0.05, 0) is 193 Å². The van der Waals surface area contributed by atoms with Crippen LogP contribution in [0.3, 0.4) is 0 Å². The van der Waals surface area contributed by atoms with E-state index in [-0.39, 0.29) is 40.1 Å². The molecule has 0 bridgehead atoms. The Balaban J connectivity index is -0.000000640. The normalized spacial score (nSPS) is 9.46. The van der Waals surface area contributed by atoms with Crippen LogP contribution in [0, 0.1) is 111 Å². The van der Waals surface area contributed by atoms with Gasteiger partial charge in [0.25, 0.3) is 0 Å². The van der Waals surface area contributed by atoms with Crippen molar-refractivity contribution in [1.82, 2.24) is 0 Å². The molecule has 0 aliphatic rings. The standard InChI is InChI=1S/C20H26.C11H16O.C10H14O.C3H8.CH4O.CH3.Y/c1-11-9-19(17(7)15(5)13(11)3)20-10-12(2)14(4)16(6)18(20)8;1-7-6-8(2)11(12-5)10(4)9(7)3;1-7-5-8(2)10(11-4)9(3)6-7;1-3-2;1-2;;/h9-10H,1-8H3;6H,1-5H3;5-6H,1-4H3;3H2,1-2H3;2H,1H3;1H3;/q;;;;;-1;. The topological polar surface area (TPSA) is 38.7 Å². The summed E-state index contributed by atoms with van der Waals surface area (Å²) in [5, 5.41) is 7.00. The van der Waals surface area contributed by atoms with E-state index in [1.807, 2.05) is 0 Å². The summed E-state index contributed by atoms with van der Waals surface area (Å²) < 4.78 is 10.5. The van der Waals surface area contributed by atoms with Crippen molar-refractivity contribution < 1.29 is 47.3 Å². The number of hydrogen-bond donors (Lipinski definition) is 1. The predicted octanol–water partition coefficient (Wildman–Crippen LogP) is 12.8. The average molecular weight is 761 g/mol. The molecule has 0 atom stereocenters. The Bertz CT molecular complexity index is 1560. The van der Waals surface area contributed by atoms with Gasteiger partial charge >= 0.3 is 0 Å². The zero-order chi connectivity index (χ0) is 37.6. The Kier molecular flexibility index (Phi) is 25.6. The average Bonchev–Trinajstić information content (AvgIpc) is 3.03. The summed E-state index contributed by atoms with van der Waals surface area (Å²) in [6.45, 7) is 36.8. The largest absolute Gasteiger partial charge is 0.496 e. The number of aliphatic hydroxyl groups excluding tert-OH is 1. The second kappa shape index (κ2) is 24.7. The maximum atomic E-state index is 7.00. The van der Waals surface area contributed by atoms with Gasteiger partial charge in [0, 0.05) is 39.8 Å². The van der Waals surface area contributed by atoms with E-state index in [1.54, 1.807) is 14.2 Å². The third-order valence-corrected chi connectivity index (χ3v) is 9.55. The molecule has 1 radical (unpaired) electrons. The van der Waals surface area contributed by atoms with Gasteiger partial charge in [0.2, 0.25) is 0 Å². The second-order valence-corrected chi connectivity index (χ2v) is 13.2. The Morgan fingerprint density at radius 1 is 0.400 bits per heavy atom. The fourth-order valence-electron chi connectivity index (χ4n) is 6.05. The van der Waals surface area contributed by atoms with E-state index < -0.39 is 0 Å². The van der Waals surface area contributed by atoms with Crippen molar-refractivity contribution in [2.45, 2.75) is 124 Å². The molecule has 0 fully saturated rings. The molecule has 0 unspecified atom stereocenters. The predicted molar refractivity (Wildman–Crippen MR) is 219 cm³/mol. The first-order chi connectivity index (χ1) is 22.4. The molecule has 0 amide bonds. The second-order valence-electron chi connectivity index (χ2n) is 13.2. The summed E-state index contributed by atoms with van der Waals surface area (Å²) in [6, 6.07) is 11.1. The minimum absolute atomic E-state index is 0. The molecule has 0 saturated heterocycles. The van der Waals surface area contributed by atoms with E-state index in [9.17, 15) is 0 Å². The van der Waals surface area contributed by atoms with Crippen LogP contribution in [-0.4, -0.2) is 26.4 Å². The molecule has 0 aliphatic carbocycles. The van der Waals surface area contributed by atoms with Gasteiger partial charge in [0.05, 0.1) is 14.2 Å². The van der Waals surface area contributed by atoms with Gasteiger partial charge < -0.3 is 22.0 Å². The van der Waals surface area contributed by atoms with Gasteiger partial charge in [-0.25, -0.2) is 0 Å². The Labute approximate surface area is 334 Å². The molecule has 277 valence electrons. The minimum Gasteiger partial charge on any atom is -0.496 e.